The van der Waals surface area contributed by atoms with Gasteiger partial charge in [0, 0.05) is 13.1 Å². The summed E-state index contributed by atoms with van der Waals surface area (Å²) in [7, 11) is 1.55. The smallest absolute Gasteiger partial charge is 0.336 e. The van der Waals surface area contributed by atoms with Crippen molar-refractivity contribution in [3.05, 3.63) is 69.4 Å². The van der Waals surface area contributed by atoms with Crippen molar-refractivity contribution in [3.8, 4) is 11.4 Å². The first-order valence-electron chi connectivity index (χ1n) is 10.2. The summed E-state index contributed by atoms with van der Waals surface area (Å²) in [6.07, 6.45) is 1.93. The number of nitrogens with zero attached hydrogens (tertiary/aromatic N) is 3. The van der Waals surface area contributed by atoms with Crippen LogP contribution in [0.25, 0.3) is 16.6 Å². The molecule has 1 aromatic heterocycles. The molecule has 1 amide bonds. The molecule has 2 aromatic carbocycles. The van der Waals surface area contributed by atoms with E-state index in [0.29, 0.717) is 41.3 Å². The molecule has 7 heteroatoms. The first kappa shape index (κ1) is 19.9. The summed E-state index contributed by atoms with van der Waals surface area (Å²) in [5.74, 6) is 1.13. The second-order valence-electron chi connectivity index (χ2n) is 7.79. The van der Waals surface area contributed by atoms with E-state index in [4.69, 9.17) is 4.74 Å². The van der Waals surface area contributed by atoms with Crippen molar-refractivity contribution in [3.63, 3.8) is 0 Å². The molecule has 0 atom stereocenters. The molecule has 156 valence electrons. The van der Waals surface area contributed by atoms with E-state index in [2.05, 4.69) is 6.92 Å². The highest BCUT2D eigenvalue weighted by Crippen LogP contribution is 2.17. The molecular weight excluding hydrogens is 382 g/mol. The van der Waals surface area contributed by atoms with Gasteiger partial charge in [0.2, 0.25) is 5.91 Å². The predicted octanol–water partition coefficient (Wildman–Crippen LogP) is 2.42. The third kappa shape index (κ3) is 3.63. The molecule has 0 unspecified atom stereocenters. The van der Waals surface area contributed by atoms with Crippen molar-refractivity contribution in [2.75, 3.05) is 20.2 Å². The molecule has 0 bridgehead atoms. The number of piperidine rings is 1. The third-order valence-electron chi connectivity index (χ3n) is 5.81. The summed E-state index contributed by atoms with van der Waals surface area (Å²) >= 11 is 0. The van der Waals surface area contributed by atoms with Gasteiger partial charge in [0.25, 0.3) is 5.56 Å². The number of likely N-dealkylation sites (tertiary alicyclic amines) is 1. The number of ether oxygens (including phenoxy) is 1. The quantitative estimate of drug-likeness (QED) is 0.666. The van der Waals surface area contributed by atoms with E-state index in [0.717, 1.165) is 17.4 Å². The van der Waals surface area contributed by atoms with E-state index < -0.39 is 11.2 Å². The minimum absolute atomic E-state index is 0.0931. The first-order valence-corrected chi connectivity index (χ1v) is 10.2. The molecule has 0 aliphatic carbocycles. The fraction of sp³-hybridized carbons (Fsp3) is 0.348. The fourth-order valence-electron chi connectivity index (χ4n) is 3.93. The van der Waals surface area contributed by atoms with Gasteiger partial charge in [-0.25, -0.2) is 9.36 Å². The number of aromatic nitrogens is 2. The van der Waals surface area contributed by atoms with Crippen molar-refractivity contribution >= 4 is 16.8 Å². The SMILES string of the molecule is COc1ccc(-n2c(=O)c3ccccc3n(CC(=O)N3CCC(C)CC3)c2=O)cc1. The molecule has 0 N–H and O–H groups in total. The topological polar surface area (TPSA) is 73.5 Å². The van der Waals surface area contributed by atoms with Crippen LogP contribution in [0.5, 0.6) is 5.75 Å². The number of hydrogen-bond donors (Lipinski definition) is 0. The number of methoxy groups -OCH3 is 1. The average molecular weight is 407 g/mol. The minimum Gasteiger partial charge on any atom is -0.497 e. The minimum atomic E-state index is -0.525. The van der Waals surface area contributed by atoms with Crippen molar-refractivity contribution < 1.29 is 9.53 Å². The maximum Gasteiger partial charge on any atom is 0.336 e. The van der Waals surface area contributed by atoms with Crippen LogP contribution in [0.15, 0.2) is 58.1 Å². The summed E-state index contributed by atoms with van der Waals surface area (Å²) in [6.45, 7) is 3.49. The monoisotopic (exact) mass is 407 g/mol. The largest absolute Gasteiger partial charge is 0.497 e. The molecular formula is C23H25N3O4. The van der Waals surface area contributed by atoms with Gasteiger partial charge < -0.3 is 9.64 Å². The van der Waals surface area contributed by atoms with Crippen LogP contribution in [0.2, 0.25) is 0 Å². The predicted molar refractivity (Wildman–Crippen MR) is 115 cm³/mol. The van der Waals surface area contributed by atoms with Gasteiger partial charge in [-0.15, -0.1) is 0 Å². The van der Waals surface area contributed by atoms with Crippen LogP contribution in [0.4, 0.5) is 0 Å². The van der Waals surface area contributed by atoms with Crippen LogP contribution in [0.1, 0.15) is 19.8 Å². The van der Waals surface area contributed by atoms with E-state index in [1.165, 1.54) is 4.57 Å². The molecule has 1 fully saturated rings. The van der Waals surface area contributed by atoms with Gasteiger partial charge in [-0.3, -0.25) is 14.2 Å². The number of hydrogen-bond acceptors (Lipinski definition) is 4. The molecule has 1 aliphatic rings. The molecule has 30 heavy (non-hydrogen) atoms. The molecule has 3 aromatic rings. The van der Waals surface area contributed by atoms with Crippen molar-refractivity contribution in [1.82, 2.24) is 14.0 Å². The van der Waals surface area contributed by atoms with Crippen LogP contribution in [-0.4, -0.2) is 40.1 Å². The number of carbonyl (C=O) groups excluding carboxylic acids is 1. The number of para-hydroxylation sites is 1. The van der Waals surface area contributed by atoms with Crippen LogP contribution >= 0.6 is 0 Å². The number of benzene rings is 2. The maximum absolute atomic E-state index is 13.4. The molecule has 1 aliphatic heterocycles. The molecule has 4 rings (SSSR count). The highest BCUT2D eigenvalue weighted by molar-refractivity contribution is 5.82. The van der Waals surface area contributed by atoms with E-state index in [1.807, 2.05) is 4.90 Å². The summed E-state index contributed by atoms with van der Waals surface area (Å²) in [5.41, 5.74) is -0.0283. The van der Waals surface area contributed by atoms with Gasteiger partial charge in [0.05, 0.1) is 23.7 Å². The summed E-state index contributed by atoms with van der Waals surface area (Å²) in [5, 5.41) is 0.396. The zero-order valence-electron chi connectivity index (χ0n) is 17.2. The van der Waals surface area contributed by atoms with Gasteiger partial charge in [0.15, 0.2) is 0 Å². The van der Waals surface area contributed by atoms with Crippen LogP contribution in [0, 0.1) is 5.92 Å². The maximum atomic E-state index is 13.4. The van der Waals surface area contributed by atoms with Gasteiger partial charge >= 0.3 is 5.69 Å². The van der Waals surface area contributed by atoms with Crippen molar-refractivity contribution in [1.29, 1.82) is 0 Å². The lowest BCUT2D eigenvalue weighted by Gasteiger charge is -2.30. The Bertz CT molecular complexity index is 1190. The molecule has 0 saturated carbocycles. The number of rotatable bonds is 4. The number of amides is 1. The fourth-order valence-corrected chi connectivity index (χ4v) is 3.93. The summed E-state index contributed by atoms with van der Waals surface area (Å²) in [4.78, 5) is 41.2. The van der Waals surface area contributed by atoms with Crippen molar-refractivity contribution in [2.45, 2.75) is 26.3 Å². The van der Waals surface area contributed by atoms with Crippen LogP contribution in [-0.2, 0) is 11.3 Å². The second-order valence-corrected chi connectivity index (χ2v) is 7.79. The zero-order valence-corrected chi connectivity index (χ0v) is 17.2. The van der Waals surface area contributed by atoms with E-state index in [1.54, 1.807) is 55.6 Å². The lowest BCUT2D eigenvalue weighted by atomic mass is 9.99. The standard InChI is InChI=1S/C23H25N3O4/c1-16-11-13-24(14-12-16)21(27)15-25-20-6-4-3-5-19(20)22(28)26(23(25)29)17-7-9-18(30-2)10-8-17/h3-10,16H,11-15H2,1-2H3. The normalized spacial score (nSPS) is 14.8. The molecule has 1 saturated heterocycles. The Hall–Kier alpha value is -3.35. The Balaban J connectivity index is 1.81. The summed E-state index contributed by atoms with van der Waals surface area (Å²) < 4.78 is 7.69. The van der Waals surface area contributed by atoms with E-state index >= 15 is 0 Å². The Labute approximate surface area is 174 Å². The highest BCUT2D eigenvalue weighted by atomic mass is 16.5. The third-order valence-corrected chi connectivity index (χ3v) is 5.81. The van der Waals surface area contributed by atoms with Gasteiger partial charge in [-0.2, -0.15) is 0 Å². The van der Waals surface area contributed by atoms with Gasteiger partial charge in [-0.05, 0) is 55.2 Å². The lowest BCUT2D eigenvalue weighted by molar-refractivity contribution is -0.133. The zero-order chi connectivity index (χ0) is 21.3. The van der Waals surface area contributed by atoms with E-state index in [9.17, 15) is 14.4 Å². The Morgan fingerprint density at radius 2 is 1.70 bits per heavy atom. The van der Waals surface area contributed by atoms with Gasteiger partial charge in [-0.1, -0.05) is 19.1 Å². The van der Waals surface area contributed by atoms with Crippen molar-refractivity contribution in [2.24, 2.45) is 5.92 Å². The van der Waals surface area contributed by atoms with Gasteiger partial charge in [0.1, 0.15) is 12.3 Å². The Kier molecular flexibility index (Phi) is 5.44. The molecule has 0 spiro atoms. The summed E-state index contributed by atoms with van der Waals surface area (Å²) in [6, 6.07) is 13.6. The number of carbonyl (C=O) groups is 1. The molecule has 7 nitrogen and oxygen atoms in total. The van der Waals surface area contributed by atoms with E-state index in [-0.39, 0.29) is 12.5 Å². The number of fused-ring (bicyclic) bond motifs is 1. The molecule has 2 heterocycles. The van der Waals surface area contributed by atoms with Crippen LogP contribution in [0.3, 0.4) is 0 Å². The first-order chi connectivity index (χ1) is 14.5. The lowest BCUT2D eigenvalue weighted by Crippen LogP contribution is -2.44. The van der Waals surface area contributed by atoms with Crippen LogP contribution < -0.4 is 16.0 Å². The Morgan fingerprint density at radius 1 is 1.03 bits per heavy atom. The second kappa shape index (κ2) is 8.18. The average Bonchev–Trinajstić information content (AvgIpc) is 2.77. The Morgan fingerprint density at radius 3 is 2.37 bits per heavy atom. The highest BCUT2D eigenvalue weighted by Gasteiger charge is 2.23. The molecule has 0 radical (unpaired) electrons.